The van der Waals surface area contributed by atoms with Crippen molar-refractivity contribution in [1.29, 1.82) is 0 Å². The van der Waals surface area contributed by atoms with Crippen molar-refractivity contribution in [3.05, 3.63) is 75.3 Å². The molecule has 0 spiro atoms. The molecule has 0 saturated carbocycles. The first-order valence-corrected chi connectivity index (χ1v) is 12.7. The van der Waals surface area contributed by atoms with E-state index in [1.807, 2.05) is 6.07 Å². The lowest BCUT2D eigenvalue weighted by Gasteiger charge is -2.37. The Morgan fingerprint density at radius 2 is 1.81 bits per heavy atom. The van der Waals surface area contributed by atoms with Crippen LogP contribution in [0.4, 0.5) is 15.9 Å². The molecule has 0 unspecified atom stereocenters. The highest BCUT2D eigenvalue weighted by molar-refractivity contribution is 8.26. The molecule has 0 radical (unpaired) electrons. The molecule has 0 N–H and O–H groups in total. The molecule has 0 aliphatic carbocycles. The number of aromatic nitrogens is 2. The molecule has 0 atom stereocenters. The number of hydrogen-bond donors (Lipinski definition) is 0. The molecule has 186 valence electrons. The van der Waals surface area contributed by atoms with Crippen molar-refractivity contribution in [3.8, 4) is 0 Å². The summed E-state index contributed by atoms with van der Waals surface area (Å²) in [7, 11) is 1.57. The minimum absolute atomic E-state index is 0.244. The summed E-state index contributed by atoms with van der Waals surface area (Å²) < 4.78 is 20.3. The first-order chi connectivity index (χ1) is 17.5. The van der Waals surface area contributed by atoms with Gasteiger partial charge in [-0.05, 0) is 42.5 Å². The molecule has 3 aromatic rings. The van der Waals surface area contributed by atoms with Crippen LogP contribution in [-0.4, -0.2) is 71.0 Å². The van der Waals surface area contributed by atoms with Crippen LogP contribution in [0, 0.1) is 5.82 Å². The highest BCUT2D eigenvalue weighted by Gasteiger charge is 2.33. The van der Waals surface area contributed by atoms with Crippen molar-refractivity contribution in [3.63, 3.8) is 0 Å². The van der Waals surface area contributed by atoms with Gasteiger partial charge in [0.2, 0.25) is 0 Å². The van der Waals surface area contributed by atoms with Crippen LogP contribution in [0.1, 0.15) is 5.56 Å². The van der Waals surface area contributed by atoms with Crippen molar-refractivity contribution < 1.29 is 13.9 Å². The fourth-order valence-electron chi connectivity index (χ4n) is 4.29. The van der Waals surface area contributed by atoms with Crippen LogP contribution >= 0.6 is 24.0 Å². The smallest absolute Gasteiger partial charge is 0.267 e. The lowest BCUT2D eigenvalue weighted by atomic mass is 10.2. The molecule has 2 aliphatic heterocycles. The third-order valence-electron chi connectivity index (χ3n) is 6.19. The van der Waals surface area contributed by atoms with Crippen LogP contribution in [-0.2, 0) is 9.53 Å². The first-order valence-electron chi connectivity index (χ1n) is 11.5. The largest absolute Gasteiger partial charge is 0.383 e. The van der Waals surface area contributed by atoms with Gasteiger partial charge in [0.1, 0.15) is 21.6 Å². The zero-order valence-electron chi connectivity index (χ0n) is 19.6. The van der Waals surface area contributed by atoms with Crippen LogP contribution in [0.2, 0.25) is 0 Å². The third kappa shape index (κ3) is 4.73. The summed E-state index contributed by atoms with van der Waals surface area (Å²) in [5.41, 5.74) is 1.57. The average molecular weight is 526 g/mol. The molecule has 2 aliphatic rings. The lowest BCUT2D eigenvalue weighted by molar-refractivity contribution is -0.122. The van der Waals surface area contributed by atoms with E-state index < -0.39 is 0 Å². The van der Waals surface area contributed by atoms with Crippen molar-refractivity contribution >= 4 is 57.4 Å². The van der Waals surface area contributed by atoms with Crippen molar-refractivity contribution in [1.82, 2.24) is 14.3 Å². The number of methoxy groups -OCH3 is 1. The van der Waals surface area contributed by atoms with Gasteiger partial charge in [-0.25, -0.2) is 9.37 Å². The van der Waals surface area contributed by atoms with Crippen molar-refractivity contribution in [2.45, 2.75) is 0 Å². The van der Waals surface area contributed by atoms with E-state index in [1.165, 1.54) is 33.2 Å². The molecule has 2 saturated heterocycles. The number of amides is 1. The summed E-state index contributed by atoms with van der Waals surface area (Å²) in [6, 6.07) is 11.8. The van der Waals surface area contributed by atoms with Gasteiger partial charge in [0.25, 0.3) is 11.5 Å². The number of halogens is 1. The number of nitrogens with zero attached hydrogens (tertiary/aromatic N) is 5. The summed E-state index contributed by atoms with van der Waals surface area (Å²) in [5, 5.41) is 0. The van der Waals surface area contributed by atoms with Crippen LogP contribution in [0.15, 0.2) is 58.4 Å². The number of piperazine rings is 1. The number of carbonyl (C=O) groups excluding carboxylic acids is 1. The fraction of sp³-hybridized carbons (Fsp3) is 0.280. The standard InChI is InChI=1S/C25H24FN5O3S2/c1-34-15-14-31-24(33)20(36-25(31)35)16-19-22(27-21-4-2-3-9-30(21)23(19)32)29-12-10-28(11-13-29)18-7-5-17(26)6-8-18/h2-9,16H,10-15H2,1H3/b20-16-. The highest BCUT2D eigenvalue weighted by Crippen LogP contribution is 2.33. The first kappa shape index (κ1) is 24.4. The molecule has 4 heterocycles. The van der Waals surface area contributed by atoms with E-state index in [1.54, 1.807) is 43.6 Å². The van der Waals surface area contributed by atoms with E-state index in [0.717, 1.165) is 5.69 Å². The molecule has 2 aromatic heterocycles. The maximum Gasteiger partial charge on any atom is 0.267 e. The Hall–Kier alpha value is -3.28. The summed E-state index contributed by atoms with van der Waals surface area (Å²) in [4.78, 5) is 37.5. The second-order valence-electron chi connectivity index (χ2n) is 8.36. The predicted octanol–water partition coefficient (Wildman–Crippen LogP) is 3.01. The maximum absolute atomic E-state index is 13.6. The maximum atomic E-state index is 13.6. The van der Waals surface area contributed by atoms with E-state index in [-0.39, 0.29) is 17.3 Å². The molecular weight excluding hydrogens is 501 g/mol. The van der Waals surface area contributed by atoms with Crippen molar-refractivity contribution in [2.75, 3.05) is 56.2 Å². The normalized spacial score (nSPS) is 17.6. The van der Waals surface area contributed by atoms with Gasteiger partial charge in [0, 0.05) is 45.2 Å². The molecule has 8 nitrogen and oxygen atoms in total. The second-order valence-corrected chi connectivity index (χ2v) is 10.0. The van der Waals surface area contributed by atoms with Gasteiger partial charge < -0.3 is 14.5 Å². The Morgan fingerprint density at radius 3 is 2.53 bits per heavy atom. The van der Waals surface area contributed by atoms with E-state index >= 15 is 0 Å². The van der Waals surface area contributed by atoms with Gasteiger partial charge in [-0.3, -0.25) is 18.9 Å². The fourth-order valence-corrected chi connectivity index (χ4v) is 5.58. The monoisotopic (exact) mass is 525 g/mol. The molecule has 36 heavy (non-hydrogen) atoms. The average Bonchev–Trinajstić information content (AvgIpc) is 3.16. The number of thioether (sulfide) groups is 1. The second kappa shape index (κ2) is 10.4. The Balaban J connectivity index is 1.49. The Kier molecular flexibility index (Phi) is 7.04. The predicted molar refractivity (Wildman–Crippen MR) is 144 cm³/mol. The van der Waals surface area contributed by atoms with Crippen molar-refractivity contribution in [2.24, 2.45) is 0 Å². The molecule has 11 heteroatoms. The Morgan fingerprint density at radius 1 is 1.08 bits per heavy atom. The number of carbonyl (C=O) groups is 1. The number of anilines is 2. The van der Waals surface area contributed by atoms with Gasteiger partial charge >= 0.3 is 0 Å². The molecule has 5 rings (SSSR count). The number of thiocarbonyl (C=S) groups is 1. The number of fused-ring (bicyclic) bond motifs is 1. The van der Waals surface area contributed by atoms with E-state index in [9.17, 15) is 14.0 Å². The van der Waals surface area contributed by atoms with Crippen LogP contribution in [0.5, 0.6) is 0 Å². The number of pyridine rings is 1. The highest BCUT2D eigenvalue weighted by atomic mass is 32.2. The van der Waals surface area contributed by atoms with E-state index in [4.69, 9.17) is 21.9 Å². The molecule has 0 bridgehead atoms. The minimum atomic E-state index is -0.268. The van der Waals surface area contributed by atoms with Gasteiger partial charge in [0.05, 0.1) is 23.6 Å². The van der Waals surface area contributed by atoms with Crippen LogP contribution < -0.4 is 15.4 Å². The summed E-state index contributed by atoms with van der Waals surface area (Å²) >= 11 is 6.57. The zero-order chi connectivity index (χ0) is 25.2. The van der Waals surface area contributed by atoms with Gasteiger partial charge in [0.15, 0.2) is 0 Å². The molecular formula is C25H24FN5O3S2. The van der Waals surface area contributed by atoms with E-state index in [0.29, 0.717) is 65.6 Å². The Labute approximate surface area is 217 Å². The van der Waals surface area contributed by atoms with Crippen LogP contribution in [0.3, 0.4) is 0 Å². The summed E-state index contributed by atoms with van der Waals surface area (Å²) in [5.74, 6) is 0.0225. The summed E-state index contributed by atoms with van der Waals surface area (Å²) in [6.07, 6.45) is 3.28. The molecule has 1 amide bonds. The third-order valence-corrected chi connectivity index (χ3v) is 7.57. The summed E-state index contributed by atoms with van der Waals surface area (Å²) in [6.45, 7) is 3.31. The van der Waals surface area contributed by atoms with Gasteiger partial charge in [-0.2, -0.15) is 0 Å². The number of hydrogen-bond acceptors (Lipinski definition) is 8. The van der Waals surface area contributed by atoms with Crippen LogP contribution in [0.25, 0.3) is 11.7 Å². The SMILES string of the molecule is COCCN1C(=O)/C(=C/c2c(N3CCN(c4ccc(F)cc4)CC3)nc3ccccn3c2=O)SC1=S. The topological polar surface area (TPSA) is 70.4 Å². The lowest BCUT2D eigenvalue weighted by Crippen LogP contribution is -2.47. The number of rotatable bonds is 6. The van der Waals surface area contributed by atoms with Gasteiger partial charge in [-0.1, -0.05) is 30.0 Å². The quantitative estimate of drug-likeness (QED) is 0.360. The van der Waals surface area contributed by atoms with Gasteiger partial charge in [-0.15, -0.1) is 0 Å². The zero-order valence-corrected chi connectivity index (χ0v) is 21.2. The minimum Gasteiger partial charge on any atom is -0.383 e. The Bertz CT molecular complexity index is 1400. The van der Waals surface area contributed by atoms with E-state index in [2.05, 4.69) is 9.80 Å². The number of ether oxygens (including phenoxy) is 1. The molecule has 1 aromatic carbocycles. The molecule has 2 fully saturated rings. The number of benzene rings is 1.